The van der Waals surface area contributed by atoms with Gasteiger partial charge in [-0.2, -0.15) is 5.10 Å². The van der Waals surface area contributed by atoms with Crippen molar-refractivity contribution in [2.75, 3.05) is 6.54 Å². The Morgan fingerprint density at radius 2 is 2.36 bits per heavy atom. The number of nitrogens with one attached hydrogen (secondary N) is 1. The molecule has 3 N–H and O–H groups in total. The molecule has 0 aliphatic rings. The molecule has 1 heterocycles. The SMILES string of the molecule is Cc1nn(C)c(CNCC(N)=O)c1Cl. The first-order valence-electron chi connectivity index (χ1n) is 4.19. The molecule has 0 radical (unpaired) electrons. The van der Waals surface area contributed by atoms with Gasteiger partial charge in [-0.15, -0.1) is 0 Å². The number of nitrogens with two attached hydrogens (primary N) is 1. The molecule has 14 heavy (non-hydrogen) atoms. The first-order valence-corrected chi connectivity index (χ1v) is 4.57. The van der Waals surface area contributed by atoms with E-state index in [1.807, 2.05) is 6.92 Å². The van der Waals surface area contributed by atoms with Gasteiger partial charge in [-0.25, -0.2) is 0 Å². The molecule has 0 bridgehead atoms. The Kier molecular flexibility index (Phi) is 3.49. The zero-order valence-corrected chi connectivity index (χ0v) is 8.93. The lowest BCUT2D eigenvalue weighted by Gasteiger charge is -2.03. The van der Waals surface area contributed by atoms with E-state index < -0.39 is 0 Å². The van der Waals surface area contributed by atoms with Crippen LogP contribution in [0.4, 0.5) is 0 Å². The molecule has 1 amide bonds. The number of rotatable bonds is 4. The van der Waals surface area contributed by atoms with Crippen LogP contribution in [0.2, 0.25) is 5.02 Å². The highest BCUT2D eigenvalue weighted by molar-refractivity contribution is 6.31. The summed E-state index contributed by atoms with van der Waals surface area (Å²) in [5.41, 5.74) is 6.62. The van der Waals surface area contributed by atoms with Crippen LogP contribution in [0, 0.1) is 6.92 Å². The monoisotopic (exact) mass is 216 g/mol. The molecule has 0 saturated heterocycles. The Morgan fingerprint density at radius 1 is 1.71 bits per heavy atom. The number of primary amides is 1. The van der Waals surface area contributed by atoms with Crippen molar-refractivity contribution in [3.8, 4) is 0 Å². The van der Waals surface area contributed by atoms with Gasteiger partial charge in [-0.1, -0.05) is 11.6 Å². The number of aryl methyl sites for hydroxylation is 2. The standard InChI is InChI=1S/C8H13ClN4O/c1-5-8(9)6(13(2)12-5)3-11-4-7(10)14/h11H,3-4H2,1-2H3,(H2,10,14). The van der Waals surface area contributed by atoms with Crippen LogP contribution in [-0.2, 0) is 18.4 Å². The summed E-state index contributed by atoms with van der Waals surface area (Å²) in [6, 6.07) is 0. The minimum atomic E-state index is -0.389. The number of hydrogen-bond donors (Lipinski definition) is 2. The van der Waals surface area contributed by atoms with Gasteiger partial charge >= 0.3 is 0 Å². The summed E-state index contributed by atoms with van der Waals surface area (Å²) in [7, 11) is 1.81. The lowest BCUT2D eigenvalue weighted by Crippen LogP contribution is -2.28. The van der Waals surface area contributed by atoms with Crippen molar-refractivity contribution < 1.29 is 4.79 Å². The number of carbonyl (C=O) groups is 1. The van der Waals surface area contributed by atoms with Crippen molar-refractivity contribution in [1.29, 1.82) is 0 Å². The van der Waals surface area contributed by atoms with E-state index >= 15 is 0 Å². The van der Waals surface area contributed by atoms with E-state index in [1.165, 1.54) is 0 Å². The molecule has 5 nitrogen and oxygen atoms in total. The van der Waals surface area contributed by atoms with Gasteiger partial charge in [0.2, 0.25) is 5.91 Å². The predicted molar refractivity (Wildman–Crippen MR) is 53.9 cm³/mol. The topological polar surface area (TPSA) is 72.9 Å². The quantitative estimate of drug-likeness (QED) is 0.742. The largest absolute Gasteiger partial charge is 0.369 e. The lowest BCUT2D eigenvalue weighted by atomic mass is 10.3. The number of aromatic nitrogens is 2. The molecule has 0 spiro atoms. The van der Waals surface area contributed by atoms with Crippen LogP contribution >= 0.6 is 11.6 Å². The van der Waals surface area contributed by atoms with Gasteiger partial charge in [0.1, 0.15) is 0 Å². The normalized spacial score (nSPS) is 10.5. The Morgan fingerprint density at radius 3 is 2.79 bits per heavy atom. The van der Waals surface area contributed by atoms with Crippen molar-refractivity contribution in [2.45, 2.75) is 13.5 Å². The number of hydrogen-bond acceptors (Lipinski definition) is 3. The number of carbonyl (C=O) groups excluding carboxylic acids is 1. The summed E-state index contributed by atoms with van der Waals surface area (Å²) in [6.45, 7) is 2.46. The van der Waals surface area contributed by atoms with E-state index in [0.717, 1.165) is 11.4 Å². The second-order valence-corrected chi connectivity index (χ2v) is 3.42. The van der Waals surface area contributed by atoms with Crippen LogP contribution in [0.15, 0.2) is 0 Å². The average Bonchev–Trinajstić information content (AvgIpc) is 2.31. The fraction of sp³-hybridized carbons (Fsp3) is 0.500. The zero-order chi connectivity index (χ0) is 10.7. The minimum absolute atomic E-state index is 0.139. The first-order chi connectivity index (χ1) is 6.52. The third-order valence-electron chi connectivity index (χ3n) is 1.85. The third-order valence-corrected chi connectivity index (χ3v) is 2.34. The number of halogens is 1. The minimum Gasteiger partial charge on any atom is -0.369 e. The van der Waals surface area contributed by atoms with E-state index in [0.29, 0.717) is 11.6 Å². The summed E-state index contributed by atoms with van der Waals surface area (Å²) in [6.07, 6.45) is 0. The highest BCUT2D eigenvalue weighted by Crippen LogP contribution is 2.18. The van der Waals surface area contributed by atoms with Crippen molar-refractivity contribution in [3.05, 3.63) is 16.4 Å². The fourth-order valence-electron chi connectivity index (χ4n) is 1.18. The Hall–Kier alpha value is -1.07. The van der Waals surface area contributed by atoms with Gasteiger partial charge in [-0.3, -0.25) is 9.48 Å². The Bertz CT molecular complexity index is 347. The maximum atomic E-state index is 10.5. The molecule has 0 aromatic carbocycles. The number of nitrogens with zero attached hydrogens (tertiary/aromatic N) is 2. The van der Waals surface area contributed by atoms with Crippen molar-refractivity contribution in [2.24, 2.45) is 12.8 Å². The Labute approximate surface area is 87.2 Å². The smallest absolute Gasteiger partial charge is 0.231 e. The molecule has 78 valence electrons. The Balaban J connectivity index is 2.62. The number of amides is 1. The molecule has 0 fully saturated rings. The van der Waals surface area contributed by atoms with E-state index in [1.54, 1.807) is 11.7 Å². The maximum Gasteiger partial charge on any atom is 0.231 e. The van der Waals surface area contributed by atoms with Gasteiger partial charge < -0.3 is 11.1 Å². The van der Waals surface area contributed by atoms with E-state index in [2.05, 4.69) is 10.4 Å². The van der Waals surface area contributed by atoms with Gasteiger partial charge in [-0.05, 0) is 6.92 Å². The molecule has 1 aromatic heterocycles. The molecule has 0 unspecified atom stereocenters. The summed E-state index contributed by atoms with van der Waals surface area (Å²) >= 11 is 5.99. The van der Waals surface area contributed by atoms with E-state index in [-0.39, 0.29) is 12.5 Å². The zero-order valence-electron chi connectivity index (χ0n) is 8.17. The molecule has 0 atom stereocenters. The highest BCUT2D eigenvalue weighted by atomic mass is 35.5. The second kappa shape index (κ2) is 4.43. The molecule has 1 aromatic rings. The summed E-state index contributed by atoms with van der Waals surface area (Å²) in [4.78, 5) is 10.5. The third kappa shape index (κ3) is 2.46. The summed E-state index contributed by atoms with van der Waals surface area (Å²) < 4.78 is 1.69. The molecule has 1 rings (SSSR count). The summed E-state index contributed by atoms with van der Waals surface area (Å²) in [5.74, 6) is -0.389. The molecule has 6 heteroatoms. The van der Waals surface area contributed by atoms with Crippen LogP contribution in [0.1, 0.15) is 11.4 Å². The van der Waals surface area contributed by atoms with E-state index in [4.69, 9.17) is 17.3 Å². The molecule has 0 saturated carbocycles. The first kappa shape index (κ1) is 11.0. The molecular formula is C8H13ClN4O. The van der Waals surface area contributed by atoms with E-state index in [9.17, 15) is 4.79 Å². The van der Waals surface area contributed by atoms with Gasteiger partial charge in [0.25, 0.3) is 0 Å². The van der Waals surface area contributed by atoms with Crippen molar-refractivity contribution in [1.82, 2.24) is 15.1 Å². The second-order valence-electron chi connectivity index (χ2n) is 3.04. The van der Waals surface area contributed by atoms with Crippen LogP contribution < -0.4 is 11.1 Å². The highest BCUT2D eigenvalue weighted by Gasteiger charge is 2.10. The van der Waals surface area contributed by atoms with Gasteiger partial charge in [0.15, 0.2) is 0 Å². The van der Waals surface area contributed by atoms with Crippen LogP contribution in [0.25, 0.3) is 0 Å². The van der Waals surface area contributed by atoms with Crippen LogP contribution in [0.3, 0.4) is 0 Å². The fourth-order valence-corrected chi connectivity index (χ4v) is 1.40. The lowest BCUT2D eigenvalue weighted by molar-refractivity contribution is -0.117. The molecular weight excluding hydrogens is 204 g/mol. The predicted octanol–water partition coefficient (Wildman–Crippen LogP) is -0.0432. The van der Waals surface area contributed by atoms with Gasteiger partial charge in [0, 0.05) is 13.6 Å². The summed E-state index contributed by atoms with van der Waals surface area (Å²) in [5, 5.41) is 7.64. The average molecular weight is 217 g/mol. The van der Waals surface area contributed by atoms with Crippen molar-refractivity contribution in [3.63, 3.8) is 0 Å². The van der Waals surface area contributed by atoms with Crippen LogP contribution in [0.5, 0.6) is 0 Å². The molecule has 0 aliphatic heterocycles. The molecule has 0 aliphatic carbocycles. The van der Waals surface area contributed by atoms with Crippen LogP contribution in [-0.4, -0.2) is 22.2 Å². The van der Waals surface area contributed by atoms with Crippen molar-refractivity contribution >= 4 is 17.5 Å². The maximum absolute atomic E-state index is 10.5. The van der Waals surface area contributed by atoms with Gasteiger partial charge in [0.05, 0.1) is 23.0 Å².